The molecule has 11 nitrogen and oxygen atoms in total. The van der Waals surface area contributed by atoms with Crippen LogP contribution in [0.25, 0.3) is 22.2 Å². The van der Waals surface area contributed by atoms with E-state index in [4.69, 9.17) is 4.74 Å². The molecule has 0 radical (unpaired) electrons. The van der Waals surface area contributed by atoms with Gasteiger partial charge in [0.2, 0.25) is 15.8 Å². The number of pyridine rings is 2. The van der Waals surface area contributed by atoms with Gasteiger partial charge >= 0.3 is 6.09 Å². The number of aromatic amines is 1. The number of H-pyrrole nitrogens is 1. The predicted octanol–water partition coefficient (Wildman–Crippen LogP) is 5.34. The van der Waals surface area contributed by atoms with Crippen LogP contribution in [-0.4, -0.2) is 77.7 Å². The Morgan fingerprint density at radius 3 is 2.38 bits per heavy atom. The summed E-state index contributed by atoms with van der Waals surface area (Å²) in [5, 5.41) is 0.329. The van der Waals surface area contributed by atoms with Gasteiger partial charge in [0, 0.05) is 66.8 Å². The molecule has 0 unspecified atom stereocenters. The van der Waals surface area contributed by atoms with Crippen molar-refractivity contribution in [2.45, 2.75) is 39.7 Å². The summed E-state index contributed by atoms with van der Waals surface area (Å²) in [5.41, 5.74) is -0.336. The largest absolute Gasteiger partial charge is 0.444 e. The number of fused-ring (bicyclic) bond motifs is 1. The molecule has 1 fully saturated rings. The first-order valence-electron chi connectivity index (χ1n) is 14.5. The number of piperazine rings is 1. The van der Waals surface area contributed by atoms with Gasteiger partial charge in [-0.05, 0) is 57.5 Å². The van der Waals surface area contributed by atoms with Crippen molar-refractivity contribution in [2.24, 2.45) is 0 Å². The lowest BCUT2D eigenvalue weighted by Crippen LogP contribution is -2.50. The SMILES string of the molecule is CCCS(=O)(=O)Nc1ccc(F)c(C(=O)c2c[nH]c3ncc(-c4ccc(N5CCN(C(=O)OC(C)(C)C)CC5)nc4)cc23)c1F. The van der Waals surface area contributed by atoms with Crippen LogP contribution in [0.2, 0.25) is 0 Å². The minimum Gasteiger partial charge on any atom is -0.444 e. The zero-order chi connectivity index (χ0) is 32.5. The minimum absolute atomic E-state index is 0.0295. The van der Waals surface area contributed by atoms with Gasteiger partial charge < -0.3 is 19.5 Å². The van der Waals surface area contributed by atoms with Crippen molar-refractivity contribution in [3.8, 4) is 11.1 Å². The number of hydrogen-bond acceptors (Lipinski definition) is 8. The summed E-state index contributed by atoms with van der Waals surface area (Å²) in [6.07, 6.45) is 4.52. The minimum atomic E-state index is -3.88. The highest BCUT2D eigenvalue weighted by Gasteiger charge is 2.28. The van der Waals surface area contributed by atoms with E-state index in [9.17, 15) is 22.4 Å². The fourth-order valence-corrected chi connectivity index (χ4v) is 6.13. The van der Waals surface area contributed by atoms with Crippen LogP contribution in [0.3, 0.4) is 0 Å². The van der Waals surface area contributed by atoms with Crippen molar-refractivity contribution in [1.82, 2.24) is 19.9 Å². The van der Waals surface area contributed by atoms with Crippen molar-refractivity contribution in [1.29, 1.82) is 0 Å². The third-order valence-corrected chi connectivity index (χ3v) is 8.65. The maximum absolute atomic E-state index is 15.4. The first kappa shape index (κ1) is 31.8. The molecule has 3 aromatic heterocycles. The Morgan fingerprint density at radius 2 is 1.73 bits per heavy atom. The molecule has 0 bridgehead atoms. The Morgan fingerprint density at radius 1 is 1.02 bits per heavy atom. The summed E-state index contributed by atoms with van der Waals surface area (Å²) in [6, 6.07) is 7.17. The average molecular weight is 641 g/mol. The van der Waals surface area contributed by atoms with Gasteiger partial charge in [-0.15, -0.1) is 0 Å². The number of carbonyl (C=O) groups is 2. The van der Waals surface area contributed by atoms with Crippen LogP contribution in [0, 0.1) is 11.6 Å². The van der Waals surface area contributed by atoms with Crippen LogP contribution in [0.15, 0.2) is 48.9 Å². The maximum atomic E-state index is 15.4. The van der Waals surface area contributed by atoms with Gasteiger partial charge in [-0.1, -0.05) is 6.92 Å². The van der Waals surface area contributed by atoms with Gasteiger partial charge in [0.1, 0.15) is 22.9 Å². The topological polar surface area (TPSA) is 138 Å². The highest BCUT2D eigenvalue weighted by molar-refractivity contribution is 7.92. The second-order valence-electron chi connectivity index (χ2n) is 11.7. The third-order valence-electron chi connectivity index (χ3n) is 7.17. The summed E-state index contributed by atoms with van der Waals surface area (Å²) < 4.78 is 62.1. The first-order valence-corrected chi connectivity index (χ1v) is 16.1. The molecule has 1 aromatic carbocycles. The highest BCUT2D eigenvalue weighted by atomic mass is 32.2. The van der Waals surface area contributed by atoms with E-state index in [0.29, 0.717) is 54.8 Å². The Bertz CT molecular complexity index is 1850. The van der Waals surface area contributed by atoms with E-state index in [1.54, 1.807) is 30.3 Å². The van der Waals surface area contributed by atoms with Crippen LogP contribution in [0.5, 0.6) is 0 Å². The van der Waals surface area contributed by atoms with Crippen LogP contribution >= 0.6 is 0 Å². The summed E-state index contributed by atoms with van der Waals surface area (Å²) >= 11 is 0. The molecule has 1 aliphatic heterocycles. The van der Waals surface area contributed by atoms with Crippen molar-refractivity contribution in [2.75, 3.05) is 41.6 Å². The summed E-state index contributed by atoms with van der Waals surface area (Å²) in [5.74, 6) is -2.92. The van der Waals surface area contributed by atoms with Gasteiger partial charge in [0.05, 0.1) is 17.0 Å². The van der Waals surface area contributed by atoms with Gasteiger partial charge in [-0.3, -0.25) is 9.52 Å². The number of nitrogens with one attached hydrogen (secondary N) is 2. The second-order valence-corrected chi connectivity index (χ2v) is 13.6. The number of ether oxygens (including phenoxy) is 1. The number of amides is 1. The van der Waals surface area contributed by atoms with E-state index in [1.165, 1.54) is 6.20 Å². The predicted molar refractivity (Wildman–Crippen MR) is 167 cm³/mol. The van der Waals surface area contributed by atoms with Crippen molar-refractivity contribution in [3.63, 3.8) is 0 Å². The molecule has 14 heteroatoms. The van der Waals surface area contributed by atoms with Crippen LogP contribution in [-0.2, 0) is 14.8 Å². The molecule has 4 heterocycles. The highest BCUT2D eigenvalue weighted by Crippen LogP contribution is 2.30. The average Bonchev–Trinajstić information content (AvgIpc) is 3.41. The number of anilines is 2. The van der Waals surface area contributed by atoms with Crippen molar-refractivity contribution >= 4 is 44.4 Å². The van der Waals surface area contributed by atoms with E-state index >= 15 is 4.39 Å². The molecule has 0 saturated carbocycles. The maximum Gasteiger partial charge on any atom is 0.410 e. The Labute approximate surface area is 259 Å². The molecule has 238 valence electrons. The number of rotatable bonds is 8. The number of halogens is 2. The van der Waals surface area contributed by atoms with E-state index in [2.05, 4.69) is 24.6 Å². The fourth-order valence-electron chi connectivity index (χ4n) is 5.00. The number of sulfonamides is 1. The van der Waals surface area contributed by atoms with Crippen molar-refractivity contribution in [3.05, 3.63) is 71.7 Å². The lowest BCUT2D eigenvalue weighted by molar-refractivity contribution is 0.0240. The number of hydrogen-bond donors (Lipinski definition) is 2. The lowest BCUT2D eigenvalue weighted by atomic mass is 10.00. The lowest BCUT2D eigenvalue weighted by Gasteiger charge is -2.36. The zero-order valence-electron chi connectivity index (χ0n) is 25.4. The molecule has 45 heavy (non-hydrogen) atoms. The van der Waals surface area contributed by atoms with Crippen molar-refractivity contribution < 1.29 is 31.5 Å². The van der Waals surface area contributed by atoms with Crippen LogP contribution < -0.4 is 9.62 Å². The van der Waals surface area contributed by atoms with Crippen LogP contribution in [0.1, 0.15) is 50.0 Å². The van der Waals surface area contributed by atoms with Gasteiger partial charge in [-0.2, -0.15) is 0 Å². The number of carbonyl (C=O) groups excluding carboxylic acids is 2. The van der Waals surface area contributed by atoms with Crippen LogP contribution in [0.4, 0.5) is 25.1 Å². The fraction of sp³-hybridized carbons (Fsp3) is 0.355. The van der Waals surface area contributed by atoms with Gasteiger partial charge in [0.25, 0.3) is 0 Å². The summed E-state index contributed by atoms with van der Waals surface area (Å²) in [6.45, 7) is 9.30. The number of nitrogens with zero attached hydrogens (tertiary/aromatic N) is 4. The zero-order valence-corrected chi connectivity index (χ0v) is 26.2. The molecule has 1 amide bonds. The molecule has 2 N–H and O–H groups in total. The molecular weight excluding hydrogens is 606 g/mol. The number of benzene rings is 1. The normalized spacial score (nSPS) is 14.1. The van der Waals surface area contributed by atoms with E-state index < -0.39 is 44.3 Å². The summed E-state index contributed by atoms with van der Waals surface area (Å²) in [7, 11) is -3.88. The molecule has 0 aliphatic carbocycles. The Balaban J connectivity index is 1.35. The van der Waals surface area contributed by atoms with Gasteiger partial charge in [0.15, 0.2) is 5.82 Å². The molecule has 0 spiro atoms. The smallest absolute Gasteiger partial charge is 0.410 e. The first-order chi connectivity index (χ1) is 21.3. The quantitative estimate of drug-likeness (QED) is 0.246. The molecule has 5 rings (SSSR count). The standard InChI is InChI=1S/C31H34F2N6O5S/c1-5-14-45(42,43)37-24-8-7-23(32)26(27(24)33)28(40)22-18-36-29-21(22)15-20(17-35-29)19-6-9-25(34-16-19)38-10-12-39(13-11-38)30(41)44-31(2,3)4/h6-9,15-18,37H,5,10-14H2,1-4H3,(H,35,36). The molecule has 0 atom stereocenters. The third kappa shape index (κ3) is 7.06. The molecule has 1 aliphatic rings. The Hall–Kier alpha value is -4.59. The summed E-state index contributed by atoms with van der Waals surface area (Å²) in [4.78, 5) is 41.4. The molecule has 4 aromatic rings. The molecule has 1 saturated heterocycles. The number of ketones is 1. The van der Waals surface area contributed by atoms with Gasteiger partial charge in [-0.25, -0.2) is 32.0 Å². The molecular formula is C31H34F2N6O5S. The van der Waals surface area contributed by atoms with E-state index in [1.807, 2.05) is 32.9 Å². The second kappa shape index (κ2) is 12.4. The Kier molecular flexibility index (Phi) is 8.79. The van der Waals surface area contributed by atoms with E-state index in [0.717, 1.165) is 18.0 Å². The number of aromatic nitrogens is 3. The van der Waals surface area contributed by atoms with E-state index in [-0.39, 0.29) is 17.4 Å². The monoisotopic (exact) mass is 640 g/mol.